The van der Waals surface area contributed by atoms with Crippen molar-refractivity contribution in [3.8, 4) is 5.75 Å². The van der Waals surface area contributed by atoms with Crippen LogP contribution in [-0.4, -0.2) is 24.0 Å². The van der Waals surface area contributed by atoms with E-state index in [1.807, 2.05) is 6.92 Å². The average molecular weight is 380 g/mol. The van der Waals surface area contributed by atoms with E-state index in [-0.39, 0.29) is 16.9 Å². The van der Waals surface area contributed by atoms with E-state index in [9.17, 15) is 9.59 Å². The number of thiocarbonyl (C=S) groups is 1. The second kappa shape index (κ2) is 12.2. The number of methoxy groups -OCH3 is 1. The number of carbonyl (C=O) groups excluding carboxylic acids is 2. The lowest BCUT2D eigenvalue weighted by molar-refractivity contribution is -0.119. The van der Waals surface area contributed by atoms with Crippen LogP contribution in [0.25, 0.3) is 0 Å². The number of ether oxygens (including phenoxy) is 1. The Morgan fingerprint density at radius 1 is 1.00 bits per heavy atom. The number of carbonyl (C=O) groups is 2. The first-order valence-electron chi connectivity index (χ1n) is 9.08. The number of amides is 2. The van der Waals surface area contributed by atoms with Gasteiger partial charge >= 0.3 is 0 Å². The highest BCUT2D eigenvalue weighted by atomic mass is 32.1. The van der Waals surface area contributed by atoms with E-state index in [2.05, 4.69) is 22.9 Å². The lowest BCUT2D eigenvalue weighted by Crippen LogP contribution is -2.33. The van der Waals surface area contributed by atoms with Crippen LogP contribution in [0.15, 0.2) is 18.2 Å². The lowest BCUT2D eigenvalue weighted by Gasteiger charge is -2.14. The highest BCUT2D eigenvalue weighted by molar-refractivity contribution is 7.80. The first kappa shape index (κ1) is 21.9. The lowest BCUT2D eigenvalue weighted by atomic mass is 10.2. The molecular formula is C19H29N3O3S. The molecule has 6 nitrogen and oxygen atoms in total. The molecule has 0 radical (unpaired) electrons. The van der Waals surface area contributed by atoms with Gasteiger partial charge in [-0.2, -0.15) is 0 Å². The zero-order valence-corrected chi connectivity index (χ0v) is 16.6. The molecule has 0 aromatic heterocycles. The minimum absolute atomic E-state index is 0.0410. The predicted octanol–water partition coefficient (Wildman–Crippen LogP) is 4.22. The topological polar surface area (TPSA) is 79.5 Å². The molecule has 7 heteroatoms. The smallest absolute Gasteiger partial charge is 0.226 e. The van der Waals surface area contributed by atoms with Crippen LogP contribution in [0, 0.1) is 0 Å². The van der Waals surface area contributed by atoms with Gasteiger partial charge in [-0.05, 0) is 37.2 Å². The molecule has 0 atom stereocenters. The second-order valence-electron chi connectivity index (χ2n) is 6.03. The number of anilines is 2. The third-order valence-corrected chi connectivity index (χ3v) is 3.96. The first-order chi connectivity index (χ1) is 12.5. The van der Waals surface area contributed by atoms with E-state index >= 15 is 0 Å². The fraction of sp³-hybridized carbons (Fsp3) is 0.526. The number of nitrogens with one attached hydrogen (secondary N) is 3. The molecule has 26 heavy (non-hydrogen) atoms. The number of hydrogen-bond donors (Lipinski definition) is 3. The van der Waals surface area contributed by atoms with Gasteiger partial charge in [0.2, 0.25) is 11.8 Å². The number of unbranched alkanes of at least 4 members (excludes halogenated alkanes) is 3. The molecule has 0 spiro atoms. The molecule has 1 aromatic rings. The molecule has 0 aliphatic heterocycles. The fourth-order valence-corrected chi connectivity index (χ4v) is 2.54. The Hall–Kier alpha value is -2.15. The Morgan fingerprint density at radius 2 is 1.69 bits per heavy atom. The van der Waals surface area contributed by atoms with Crippen molar-refractivity contribution in [1.82, 2.24) is 5.32 Å². The minimum Gasteiger partial charge on any atom is -0.494 e. The Bertz CT molecular complexity index is 620. The van der Waals surface area contributed by atoms with Crippen LogP contribution in [0.5, 0.6) is 5.75 Å². The quantitative estimate of drug-likeness (QED) is 0.419. The Balaban J connectivity index is 2.61. The molecule has 0 aliphatic rings. The summed E-state index contributed by atoms with van der Waals surface area (Å²) in [4.78, 5) is 23.7. The Morgan fingerprint density at radius 3 is 2.35 bits per heavy atom. The number of hydrogen-bond acceptors (Lipinski definition) is 4. The molecule has 0 saturated carbocycles. The molecule has 0 saturated heterocycles. The molecule has 3 N–H and O–H groups in total. The second-order valence-corrected chi connectivity index (χ2v) is 6.43. The van der Waals surface area contributed by atoms with Gasteiger partial charge in [-0.3, -0.25) is 9.59 Å². The van der Waals surface area contributed by atoms with Crippen molar-refractivity contribution in [2.75, 3.05) is 17.7 Å². The van der Waals surface area contributed by atoms with E-state index in [0.29, 0.717) is 30.0 Å². The highest BCUT2D eigenvalue weighted by Crippen LogP contribution is 2.28. The zero-order chi connectivity index (χ0) is 19.4. The third kappa shape index (κ3) is 8.29. The summed E-state index contributed by atoms with van der Waals surface area (Å²) in [5.74, 6) is 0.389. The standard InChI is InChI=1S/C19H29N3O3S/c1-4-6-8-10-18(24)22-19(26)20-14-11-12-15(16(13-14)25-3)21-17(23)9-7-5-2/h11-13H,4-10H2,1-3H3,(H,21,23)(H2,20,22,24,26). The van der Waals surface area contributed by atoms with Gasteiger partial charge in [-0.1, -0.05) is 33.1 Å². The maximum Gasteiger partial charge on any atom is 0.226 e. The van der Waals surface area contributed by atoms with Crippen molar-refractivity contribution in [3.63, 3.8) is 0 Å². The van der Waals surface area contributed by atoms with Crippen molar-refractivity contribution < 1.29 is 14.3 Å². The number of benzene rings is 1. The van der Waals surface area contributed by atoms with Gasteiger partial charge in [-0.25, -0.2) is 0 Å². The zero-order valence-electron chi connectivity index (χ0n) is 15.8. The SMILES string of the molecule is CCCCCC(=O)NC(=S)Nc1ccc(NC(=O)CCCC)c(OC)c1. The summed E-state index contributed by atoms with van der Waals surface area (Å²) >= 11 is 5.17. The van der Waals surface area contributed by atoms with Gasteiger partial charge in [0.1, 0.15) is 5.75 Å². The van der Waals surface area contributed by atoms with Crippen LogP contribution in [0.4, 0.5) is 11.4 Å². The summed E-state index contributed by atoms with van der Waals surface area (Å²) < 4.78 is 5.33. The summed E-state index contributed by atoms with van der Waals surface area (Å²) in [7, 11) is 1.54. The van der Waals surface area contributed by atoms with Crippen molar-refractivity contribution in [2.24, 2.45) is 0 Å². The molecule has 144 valence electrons. The van der Waals surface area contributed by atoms with Gasteiger partial charge in [0.15, 0.2) is 5.11 Å². The van der Waals surface area contributed by atoms with Gasteiger partial charge in [0.05, 0.1) is 12.8 Å². The minimum atomic E-state index is -0.0947. The summed E-state index contributed by atoms with van der Waals surface area (Å²) in [6.07, 6.45) is 5.70. The molecule has 0 bridgehead atoms. The van der Waals surface area contributed by atoms with E-state index in [0.717, 1.165) is 32.1 Å². The first-order valence-corrected chi connectivity index (χ1v) is 9.49. The van der Waals surface area contributed by atoms with Gasteiger partial charge < -0.3 is 20.7 Å². The maximum absolute atomic E-state index is 11.9. The largest absolute Gasteiger partial charge is 0.494 e. The summed E-state index contributed by atoms with van der Waals surface area (Å²) in [6.45, 7) is 4.13. The Kier molecular flexibility index (Phi) is 10.3. The van der Waals surface area contributed by atoms with Crippen LogP contribution in [0.2, 0.25) is 0 Å². The van der Waals surface area contributed by atoms with E-state index in [1.165, 1.54) is 7.11 Å². The van der Waals surface area contributed by atoms with Gasteiger partial charge in [0, 0.05) is 24.6 Å². The van der Waals surface area contributed by atoms with E-state index in [1.54, 1.807) is 18.2 Å². The third-order valence-electron chi connectivity index (χ3n) is 3.75. The molecule has 1 aromatic carbocycles. The molecule has 2 amide bonds. The van der Waals surface area contributed by atoms with Crippen molar-refractivity contribution >= 4 is 40.5 Å². The van der Waals surface area contributed by atoms with Crippen molar-refractivity contribution in [1.29, 1.82) is 0 Å². The molecule has 0 unspecified atom stereocenters. The van der Waals surface area contributed by atoms with Crippen LogP contribution < -0.4 is 20.7 Å². The molecular weight excluding hydrogens is 350 g/mol. The van der Waals surface area contributed by atoms with Gasteiger partial charge in [0.25, 0.3) is 0 Å². The van der Waals surface area contributed by atoms with Crippen LogP contribution in [0.3, 0.4) is 0 Å². The summed E-state index contributed by atoms with van der Waals surface area (Å²) in [5.41, 5.74) is 1.28. The number of rotatable bonds is 10. The molecule has 1 rings (SSSR count). The van der Waals surface area contributed by atoms with Crippen LogP contribution in [-0.2, 0) is 9.59 Å². The average Bonchev–Trinajstić information content (AvgIpc) is 2.61. The summed E-state index contributed by atoms with van der Waals surface area (Å²) in [5, 5.41) is 8.71. The van der Waals surface area contributed by atoms with Crippen LogP contribution in [0.1, 0.15) is 58.8 Å². The monoisotopic (exact) mass is 379 g/mol. The van der Waals surface area contributed by atoms with Crippen molar-refractivity contribution in [3.05, 3.63) is 18.2 Å². The molecule has 0 aliphatic carbocycles. The van der Waals surface area contributed by atoms with E-state index in [4.69, 9.17) is 17.0 Å². The predicted molar refractivity (Wildman–Crippen MR) is 110 cm³/mol. The highest BCUT2D eigenvalue weighted by Gasteiger charge is 2.10. The van der Waals surface area contributed by atoms with Crippen LogP contribution >= 0.6 is 12.2 Å². The molecule has 0 heterocycles. The molecule has 0 fully saturated rings. The van der Waals surface area contributed by atoms with Crippen molar-refractivity contribution in [2.45, 2.75) is 58.8 Å². The maximum atomic E-state index is 11.9. The van der Waals surface area contributed by atoms with Gasteiger partial charge in [-0.15, -0.1) is 0 Å². The Labute approximate surface area is 161 Å². The van der Waals surface area contributed by atoms with E-state index < -0.39 is 0 Å². The normalized spacial score (nSPS) is 10.1. The summed E-state index contributed by atoms with van der Waals surface area (Å²) in [6, 6.07) is 5.25. The fourth-order valence-electron chi connectivity index (χ4n) is 2.31.